The summed E-state index contributed by atoms with van der Waals surface area (Å²) in [5.41, 5.74) is 1.99. The minimum atomic E-state index is 0.0387. The van der Waals surface area contributed by atoms with E-state index in [1.54, 1.807) is 12.1 Å². The molecule has 3 aromatic heterocycles. The fourth-order valence-electron chi connectivity index (χ4n) is 3.24. The van der Waals surface area contributed by atoms with Gasteiger partial charge in [-0.1, -0.05) is 11.8 Å². The number of nitrogens with zero attached hydrogens (tertiary/aromatic N) is 6. The number of thioether (sulfide) groups is 1. The van der Waals surface area contributed by atoms with Gasteiger partial charge in [-0.3, -0.25) is 4.79 Å². The lowest BCUT2D eigenvalue weighted by molar-refractivity contribution is -0.128. The number of aryl methyl sites for hydroxylation is 2. The molecule has 0 radical (unpaired) electrons. The van der Waals surface area contributed by atoms with Crippen molar-refractivity contribution in [2.24, 2.45) is 0 Å². The Morgan fingerprint density at radius 3 is 2.57 bits per heavy atom. The highest BCUT2D eigenvalue weighted by Crippen LogP contribution is 2.29. The lowest BCUT2D eigenvalue weighted by Crippen LogP contribution is -2.49. The van der Waals surface area contributed by atoms with E-state index in [9.17, 15) is 10.1 Å². The van der Waals surface area contributed by atoms with Crippen LogP contribution in [0.5, 0.6) is 0 Å². The monoisotopic (exact) mass is 424 g/mol. The zero-order valence-corrected chi connectivity index (χ0v) is 17.5. The highest BCUT2D eigenvalue weighted by atomic mass is 32.2. The van der Waals surface area contributed by atoms with E-state index in [-0.39, 0.29) is 23.2 Å². The van der Waals surface area contributed by atoms with Gasteiger partial charge in [-0.15, -0.1) is 0 Å². The van der Waals surface area contributed by atoms with E-state index in [0.717, 1.165) is 11.4 Å². The van der Waals surface area contributed by atoms with Crippen LogP contribution in [0.25, 0.3) is 11.7 Å². The van der Waals surface area contributed by atoms with Crippen LogP contribution in [-0.4, -0.2) is 57.7 Å². The van der Waals surface area contributed by atoms with Crippen LogP contribution in [0.15, 0.2) is 38.5 Å². The number of nitriles is 1. The molecule has 0 N–H and O–H groups in total. The second-order valence-corrected chi connectivity index (χ2v) is 7.79. The lowest BCUT2D eigenvalue weighted by atomic mass is 10.3. The van der Waals surface area contributed by atoms with Gasteiger partial charge in [-0.2, -0.15) is 10.2 Å². The summed E-state index contributed by atoms with van der Waals surface area (Å²) in [6, 6.07) is 7.43. The van der Waals surface area contributed by atoms with Gasteiger partial charge < -0.3 is 18.6 Å². The van der Waals surface area contributed by atoms with Crippen LogP contribution in [-0.2, 0) is 4.79 Å². The molecular weight excluding hydrogens is 404 g/mol. The van der Waals surface area contributed by atoms with E-state index in [0.29, 0.717) is 43.0 Å². The third-order valence-corrected chi connectivity index (χ3v) is 5.49. The Morgan fingerprint density at radius 2 is 1.93 bits per heavy atom. The molecule has 10 heteroatoms. The highest BCUT2D eigenvalue weighted by molar-refractivity contribution is 7.99. The highest BCUT2D eigenvalue weighted by Gasteiger charge is 2.27. The van der Waals surface area contributed by atoms with Gasteiger partial charge in [0.1, 0.15) is 6.07 Å². The quantitative estimate of drug-likeness (QED) is 0.450. The number of rotatable bonds is 5. The van der Waals surface area contributed by atoms with Crippen LogP contribution in [0.4, 0.5) is 5.88 Å². The Morgan fingerprint density at radius 1 is 1.20 bits per heavy atom. The molecule has 0 unspecified atom stereocenters. The van der Waals surface area contributed by atoms with Gasteiger partial charge >= 0.3 is 0 Å². The predicted molar refractivity (Wildman–Crippen MR) is 110 cm³/mol. The van der Waals surface area contributed by atoms with Crippen molar-refractivity contribution in [3.05, 3.63) is 41.5 Å². The Bertz CT molecular complexity index is 1060. The minimum absolute atomic E-state index is 0.0387. The maximum Gasteiger partial charge on any atom is 0.266 e. The first-order valence-electron chi connectivity index (χ1n) is 9.46. The van der Waals surface area contributed by atoms with Crippen molar-refractivity contribution in [3.63, 3.8) is 0 Å². The summed E-state index contributed by atoms with van der Waals surface area (Å²) in [5.74, 6) is 1.48. The van der Waals surface area contributed by atoms with E-state index in [1.807, 2.05) is 29.7 Å². The first-order valence-corrected chi connectivity index (χ1v) is 10.4. The molecule has 0 atom stereocenters. The predicted octanol–water partition coefficient (Wildman–Crippen LogP) is 2.65. The van der Waals surface area contributed by atoms with Crippen LogP contribution in [0.3, 0.4) is 0 Å². The number of hydrogen-bond donors (Lipinski definition) is 0. The van der Waals surface area contributed by atoms with E-state index in [4.69, 9.17) is 8.83 Å². The number of piperazine rings is 1. The number of oxazole rings is 1. The second-order valence-electron chi connectivity index (χ2n) is 6.85. The molecule has 154 valence electrons. The average Bonchev–Trinajstić information content (AvgIpc) is 3.41. The zero-order chi connectivity index (χ0) is 21.1. The van der Waals surface area contributed by atoms with Crippen molar-refractivity contribution < 1.29 is 13.6 Å². The number of hydrogen-bond acceptors (Lipinski definition) is 9. The van der Waals surface area contributed by atoms with Gasteiger partial charge in [0.2, 0.25) is 17.5 Å². The number of carbonyl (C=O) groups excluding carboxylic acids is 1. The Kier molecular flexibility index (Phi) is 5.72. The van der Waals surface area contributed by atoms with Crippen molar-refractivity contribution in [2.45, 2.75) is 19.0 Å². The molecular formula is C20H20N6O3S. The van der Waals surface area contributed by atoms with Gasteiger partial charge in [0, 0.05) is 37.6 Å². The molecule has 0 aliphatic carbocycles. The molecule has 9 nitrogen and oxygen atoms in total. The van der Waals surface area contributed by atoms with E-state index >= 15 is 0 Å². The van der Waals surface area contributed by atoms with Crippen molar-refractivity contribution >= 4 is 23.6 Å². The van der Waals surface area contributed by atoms with Crippen LogP contribution in [0, 0.1) is 25.2 Å². The van der Waals surface area contributed by atoms with E-state index in [2.05, 4.69) is 21.0 Å². The summed E-state index contributed by atoms with van der Waals surface area (Å²) in [6.45, 7) is 6.01. The molecule has 0 bridgehead atoms. The van der Waals surface area contributed by atoms with Crippen LogP contribution < -0.4 is 4.90 Å². The zero-order valence-electron chi connectivity index (χ0n) is 16.7. The molecule has 1 aliphatic heterocycles. The van der Waals surface area contributed by atoms with Gasteiger partial charge in [0.25, 0.3) is 5.89 Å². The molecule has 30 heavy (non-hydrogen) atoms. The molecule has 1 fully saturated rings. The Balaban J connectivity index is 1.36. The summed E-state index contributed by atoms with van der Waals surface area (Å²) >= 11 is 1.35. The molecule has 3 aromatic rings. The fourth-order valence-corrected chi connectivity index (χ4v) is 4.09. The maximum absolute atomic E-state index is 12.6. The molecule has 0 saturated carbocycles. The topological polar surface area (TPSA) is 112 Å². The van der Waals surface area contributed by atoms with Crippen LogP contribution in [0.2, 0.25) is 0 Å². The first-order chi connectivity index (χ1) is 14.5. The Labute approximate surface area is 177 Å². The summed E-state index contributed by atoms with van der Waals surface area (Å²) in [7, 11) is 0. The van der Waals surface area contributed by atoms with Gasteiger partial charge in [0.05, 0.1) is 12.0 Å². The maximum atomic E-state index is 12.6. The van der Waals surface area contributed by atoms with Crippen LogP contribution >= 0.6 is 11.8 Å². The standard InChI is InChI=1S/C20H20N6O3S/c1-13-10-14(2)23-20(22-13)30-12-17(27)25-5-7-26(8-6-25)19-15(11-21)24-18(29-19)16-4-3-9-28-16/h3-4,9-10H,5-8,12H2,1-2H3. The smallest absolute Gasteiger partial charge is 0.266 e. The number of amides is 1. The van der Waals surface area contributed by atoms with Crippen molar-refractivity contribution in [1.29, 1.82) is 5.26 Å². The van der Waals surface area contributed by atoms with Crippen molar-refractivity contribution in [3.8, 4) is 17.7 Å². The number of aromatic nitrogens is 3. The average molecular weight is 424 g/mol. The van der Waals surface area contributed by atoms with Crippen molar-refractivity contribution in [2.75, 3.05) is 36.8 Å². The Hall–Kier alpha value is -3.32. The molecule has 4 rings (SSSR count). The SMILES string of the molecule is Cc1cc(C)nc(SCC(=O)N2CCN(c3oc(-c4ccco4)nc3C#N)CC2)n1. The van der Waals surface area contributed by atoms with Gasteiger partial charge in [-0.25, -0.2) is 9.97 Å². The molecule has 1 saturated heterocycles. The third kappa shape index (κ3) is 4.31. The summed E-state index contributed by atoms with van der Waals surface area (Å²) in [4.78, 5) is 29.3. The van der Waals surface area contributed by atoms with Crippen LogP contribution in [0.1, 0.15) is 17.1 Å². The molecule has 1 amide bonds. The second kappa shape index (κ2) is 8.59. The normalized spacial score (nSPS) is 14.0. The summed E-state index contributed by atoms with van der Waals surface area (Å²) < 4.78 is 11.1. The number of carbonyl (C=O) groups is 1. The van der Waals surface area contributed by atoms with E-state index < -0.39 is 0 Å². The first kappa shape index (κ1) is 20.0. The van der Waals surface area contributed by atoms with E-state index in [1.165, 1.54) is 18.0 Å². The molecule has 1 aliphatic rings. The largest absolute Gasteiger partial charge is 0.459 e. The van der Waals surface area contributed by atoms with Gasteiger partial charge in [0.15, 0.2) is 10.9 Å². The molecule has 4 heterocycles. The number of anilines is 1. The number of furan rings is 1. The molecule has 0 spiro atoms. The minimum Gasteiger partial charge on any atom is -0.459 e. The van der Waals surface area contributed by atoms with Gasteiger partial charge in [-0.05, 0) is 32.0 Å². The van der Waals surface area contributed by atoms with Crippen molar-refractivity contribution in [1.82, 2.24) is 19.9 Å². The lowest BCUT2D eigenvalue weighted by Gasteiger charge is -2.34. The summed E-state index contributed by atoms with van der Waals surface area (Å²) in [6.07, 6.45) is 1.52. The fraction of sp³-hybridized carbons (Fsp3) is 0.350. The third-order valence-electron chi connectivity index (χ3n) is 4.65. The summed E-state index contributed by atoms with van der Waals surface area (Å²) in [5, 5.41) is 10.0. The molecule has 0 aromatic carbocycles.